The molecule has 0 aliphatic carbocycles. The molecule has 0 aromatic carbocycles. The number of nitrogens with two attached hydrogens (primary N) is 1. The Morgan fingerprint density at radius 2 is 2.17 bits per heavy atom. The van der Waals surface area contributed by atoms with Crippen LogP contribution >= 0.6 is 0 Å². The highest BCUT2D eigenvalue weighted by atomic mass is 16.3. The summed E-state index contributed by atoms with van der Waals surface area (Å²) in [6.45, 7) is 5.28. The van der Waals surface area contributed by atoms with Crippen molar-refractivity contribution in [2.75, 3.05) is 25.4 Å². The number of nitrogens with zero attached hydrogens (tertiary/aromatic N) is 2. The van der Waals surface area contributed by atoms with Crippen molar-refractivity contribution in [2.24, 2.45) is 0 Å². The van der Waals surface area contributed by atoms with E-state index in [4.69, 9.17) is 5.73 Å². The Morgan fingerprint density at radius 3 is 2.78 bits per heavy atom. The third-order valence-electron chi connectivity index (χ3n) is 3.77. The number of pyridine rings is 1. The van der Waals surface area contributed by atoms with Crippen LogP contribution in [0.4, 0.5) is 5.82 Å². The van der Waals surface area contributed by atoms with Crippen LogP contribution < -0.4 is 5.73 Å². The monoisotopic (exact) mass is 249 g/mol. The molecule has 0 spiro atoms. The predicted octanol–water partition coefficient (Wildman–Crippen LogP) is 1.44. The first-order valence-electron chi connectivity index (χ1n) is 6.77. The number of piperidine rings is 1. The molecule has 2 rings (SSSR count). The van der Waals surface area contributed by atoms with Crippen LogP contribution in [0.5, 0.6) is 0 Å². The standard InChI is InChI=1S/C14H23N3O/c1-2-8-17-9-5-14(18,6-10-17)11-12-4-3-7-16-13(12)15/h3-4,7,18H,2,5-6,8-11H2,1H3,(H2,15,16). The maximum Gasteiger partial charge on any atom is 0.126 e. The van der Waals surface area contributed by atoms with Crippen LogP contribution in [-0.2, 0) is 6.42 Å². The topological polar surface area (TPSA) is 62.4 Å². The highest BCUT2D eigenvalue weighted by Crippen LogP contribution is 2.27. The van der Waals surface area contributed by atoms with Crippen molar-refractivity contribution in [3.8, 4) is 0 Å². The molecule has 4 nitrogen and oxygen atoms in total. The summed E-state index contributed by atoms with van der Waals surface area (Å²) in [6, 6.07) is 3.83. The molecule has 100 valence electrons. The van der Waals surface area contributed by atoms with Crippen molar-refractivity contribution in [3.63, 3.8) is 0 Å². The maximum atomic E-state index is 10.6. The van der Waals surface area contributed by atoms with Gasteiger partial charge < -0.3 is 15.7 Å². The Bertz CT molecular complexity index is 386. The number of nitrogen functional groups attached to an aromatic ring is 1. The van der Waals surface area contributed by atoms with Crippen LogP contribution in [0.1, 0.15) is 31.7 Å². The lowest BCUT2D eigenvalue weighted by Crippen LogP contribution is -2.45. The molecule has 3 N–H and O–H groups in total. The second-order valence-electron chi connectivity index (χ2n) is 5.29. The smallest absolute Gasteiger partial charge is 0.126 e. The van der Waals surface area contributed by atoms with Gasteiger partial charge in [0.25, 0.3) is 0 Å². The van der Waals surface area contributed by atoms with Crippen molar-refractivity contribution >= 4 is 5.82 Å². The molecule has 1 aromatic rings. The van der Waals surface area contributed by atoms with Crippen molar-refractivity contribution in [1.29, 1.82) is 0 Å². The summed E-state index contributed by atoms with van der Waals surface area (Å²) in [4.78, 5) is 6.49. The number of anilines is 1. The second kappa shape index (κ2) is 5.67. The Morgan fingerprint density at radius 1 is 1.44 bits per heavy atom. The lowest BCUT2D eigenvalue weighted by atomic mass is 9.85. The fraction of sp³-hybridized carbons (Fsp3) is 0.643. The van der Waals surface area contributed by atoms with Crippen molar-refractivity contribution in [3.05, 3.63) is 23.9 Å². The number of hydrogen-bond acceptors (Lipinski definition) is 4. The van der Waals surface area contributed by atoms with Gasteiger partial charge in [-0.1, -0.05) is 13.0 Å². The lowest BCUT2D eigenvalue weighted by molar-refractivity contribution is -0.0204. The Kier molecular flexibility index (Phi) is 4.19. The van der Waals surface area contributed by atoms with Crippen LogP contribution in [0.25, 0.3) is 0 Å². The van der Waals surface area contributed by atoms with Crippen LogP contribution in [-0.4, -0.2) is 40.2 Å². The molecule has 1 aliphatic rings. The highest BCUT2D eigenvalue weighted by molar-refractivity contribution is 5.39. The van der Waals surface area contributed by atoms with E-state index in [0.29, 0.717) is 12.2 Å². The summed E-state index contributed by atoms with van der Waals surface area (Å²) in [7, 11) is 0. The number of aliphatic hydroxyl groups is 1. The van der Waals surface area contributed by atoms with Gasteiger partial charge in [-0.15, -0.1) is 0 Å². The molecule has 0 radical (unpaired) electrons. The number of likely N-dealkylation sites (tertiary alicyclic amines) is 1. The van der Waals surface area contributed by atoms with Crippen LogP contribution in [0.15, 0.2) is 18.3 Å². The first-order valence-corrected chi connectivity index (χ1v) is 6.77. The lowest BCUT2D eigenvalue weighted by Gasteiger charge is -2.38. The summed E-state index contributed by atoms with van der Waals surface area (Å²) in [6.07, 6.45) is 5.12. The Labute approximate surface area is 109 Å². The summed E-state index contributed by atoms with van der Waals surface area (Å²) in [5.41, 5.74) is 6.19. The third kappa shape index (κ3) is 3.21. The normalized spacial score (nSPS) is 19.9. The zero-order chi connectivity index (χ0) is 13.0. The van der Waals surface area contributed by atoms with Crippen LogP contribution in [0.2, 0.25) is 0 Å². The van der Waals surface area contributed by atoms with E-state index in [-0.39, 0.29) is 0 Å². The van der Waals surface area contributed by atoms with E-state index in [1.165, 1.54) is 6.42 Å². The first-order chi connectivity index (χ1) is 8.63. The average Bonchev–Trinajstić information content (AvgIpc) is 2.36. The van der Waals surface area contributed by atoms with Gasteiger partial charge in [0.15, 0.2) is 0 Å². The van der Waals surface area contributed by atoms with Crippen molar-refractivity contribution in [2.45, 2.75) is 38.2 Å². The molecule has 1 saturated heterocycles. The van der Waals surface area contributed by atoms with Crippen LogP contribution in [0, 0.1) is 0 Å². The van der Waals surface area contributed by atoms with Gasteiger partial charge in [0, 0.05) is 25.7 Å². The van der Waals surface area contributed by atoms with E-state index in [2.05, 4.69) is 16.8 Å². The largest absolute Gasteiger partial charge is 0.389 e. The summed E-state index contributed by atoms with van der Waals surface area (Å²) < 4.78 is 0. The first kappa shape index (κ1) is 13.3. The average molecular weight is 249 g/mol. The van der Waals surface area contributed by atoms with E-state index in [1.54, 1.807) is 6.20 Å². The SMILES string of the molecule is CCCN1CCC(O)(Cc2cccnc2N)CC1. The van der Waals surface area contributed by atoms with E-state index in [0.717, 1.165) is 38.0 Å². The van der Waals surface area contributed by atoms with E-state index < -0.39 is 5.60 Å². The molecule has 0 saturated carbocycles. The third-order valence-corrected chi connectivity index (χ3v) is 3.77. The zero-order valence-corrected chi connectivity index (χ0v) is 11.1. The molecule has 0 atom stereocenters. The van der Waals surface area contributed by atoms with Gasteiger partial charge in [-0.05, 0) is 37.4 Å². The molecule has 1 fully saturated rings. The predicted molar refractivity (Wildman–Crippen MR) is 73.3 cm³/mol. The fourth-order valence-corrected chi connectivity index (χ4v) is 2.64. The molecular weight excluding hydrogens is 226 g/mol. The fourth-order valence-electron chi connectivity index (χ4n) is 2.64. The molecule has 1 aromatic heterocycles. The number of rotatable bonds is 4. The minimum absolute atomic E-state index is 0.543. The van der Waals surface area contributed by atoms with Gasteiger partial charge in [0.2, 0.25) is 0 Å². The minimum Gasteiger partial charge on any atom is -0.389 e. The van der Waals surface area contributed by atoms with Gasteiger partial charge in [-0.25, -0.2) is 4.98 Å². The van der Waals surface area contributed by atoms with Gasteiger partial charge >= 0.3 is 0 Å². The maximum absolute atomic E-state index is 10.6. The minimum atomic E-state index is -0.610. The van der Waals surface area contributed by atoms with E-state index in [1.807, 2.05) is 12.1 Å². The number of hydrogen-bond donors (Lipinski definition) is 2. The number of aromatic nitrogens is 1. The molecular formula is C14H23N3O. The van der Waals surface area contributed by atoms with Gasteiger partial charge in [-0.3, -0.25) is 0 Å². The highest BCUT2D eigenvalue weighted by Gasteiger charge is 2.32. The quantitative estimate of drug-likeness (QED) is 0.847. The second-order valence-corrected chi connectivity index (χ2v) is 5.29. The van der Waals surface area contributed by atoms with Crippen LogP contribution in [0.3, 0.4) is 0 Å². The molecule has 18 heavy (non-hydrogen) atoms. The summed E-state index contributed by atoms with van der Waals surface area (Å²) >= 11 is 0. The molecule has 0 bridgehead atoms. The van der Waals surface area contributed by atoms with Gasteiger partial charge in [0.1, 0.15) is 5.82 Å². The molecule has 4 heteroatoms. The van der Waals surface area contributed by atoms with Gasteiger partial charge in [0.05, 0.1) is 5.60 Å². The molecule has 0 unspecified atom stereocenters. The van der Waals surface area contributed by atoms with Gasteiger partial charge in [-0.2, -0.15) is 0 Å². The summed E-state index contributed by atoms with van der Waals surface area (Å²) in [5.74, 6) is 0.543. The Balaban J connectivity index is 1.96. The van der Waals surface area contributed by atoms with E-state index >= 15 is 0 Å². The summed E-state index contributed by atoms with van der Waals surface area (Å²) in [5, 5.41) is 10.6. The zero-order valence-electron chi connectivity index (χ0n) is 11.1. The van der Waals surface area contributed by atoms with Crippen molar-refractivity contribution < 1.29 is 5.11 Å². The molecule has 2 heterocycles. The Hall–Kier alpha value is -1.13. The molecule has 1 aliphatic heterocycles. The van der Waals surface area contributed by atoms with E-state index in [9.17, 15) is 5.11 Å². The van der Waals surface area contributed by atoms with Crippen molar-refractivity contribution in [1.82, 2.24) is 9.88 Å². The molecule has 0 amide bonds.